The van der Waals surface area contributed by atoms with Crippen molar-refractivity contribution in [2.24, 2.45) is 0 Å². The number of hydrogen-bond acceptors (Lipinski definition) is 3. The summed E-state index contributed by atoms with van der Waals surface area (Å²) in [7, 11) is 3.78. The van der Waals surface area contributed by atoms with E-state index in [0.717, 1.165) is 12.2 Å². The van der Waals surface area contributed by atoms with Gasteiger partial charge in [0.1, 0.15) is 0 Å². The van der Waals surface area contributed by atoms with Crippen molar-refractivity contribution in [3.05, 3.63) is 23.8 Å². The van der Waals surface area contributed by atoms with E-state index in [4.69, 9.17) is 0 Å². The molecule has 0 aromatic heterocycles. The Hall–Kier alpha value is -1.00. The third kappa shape index (κ3) is 1.95. The van der Waals surface area contributed by atoms with Crippen molar-refractivity contribution >= 4 is 23.4 Å². The standard InChI is InChI=1S/C12H16N2OS/c1-8-12(15)14(3)10-5-4-9(7-13-2)6-11(10)16-8/h4-6,8,13H,7H2,1-3H3. The lowest BCUT2D eigenvalue weighted by molar-refractivity contribution is -0.117. The van der Waals surface area contributed by atoms with Crippen molar-refractivity contribution in [3.63, 3.8) is 0 Å². The predicted octanol–water partition coefficient (Wildman–Crippen LogP) is 1.86. The molecule has 0 spiro atoms. The Morgan fingerprint density at radius 3 is 2.94 bits per heavy atom. The van der Waals surface area contributed by atoms with Crippen LogP contribution in [0.2, 0.25) is 0 Å². The van der Waals surface area contributed by atoms with Crippen LogP contribution in [0, 0.1) is 0 Å². The second kappa shape index (κ2) is 4.47. The molecule has 86 valence electrons. The number of nitrogens with zero attached hydrogens (tertiary/aromatic N) is 1. The van der Waals surface area contributed by atoms with Gasteiger partial charge < -0.3 is 10.2 Å². The molecule has 1 atom stereocenters. The lowest BCUT2D eigenvalue weighted by Crippen LogP contribution is -2.36. The van der Waals surface area contributed by atoms with Gasteiger partial charge in [-0.3, -0.25) is 4.79 Å². The summed E-state index contributed by atoms with van der Waals surface area (Å²) in [6, 6.07) is 6.25. The Kier molecular flexibility index (Phi) is 3.21. The van der Waals surface area contributed by atoms with Crippen molar-refractivity contribution in [2.45, 2.75) is 23.6 Å². The summed E-state index contributed by atoms with van der Waals surface area (Å²) < 4.78 is 0. The molecular weight excluding hydrogens is 220 g/mol. The van der Waals surface area contributed by atoms with E-state index >= 15 is 0 Å². The molecule has 1 aliphatic heterocycles. The zero-order valence-corrected chi connectivity index (χ0v) is 10.6. The normalized spacial score (nSPS) is 19.8. The summed E-state index contributed by atoms with van der Waals surface area (Å²) in [5.41, 5.74) is 2.27. The smallest absolute Gasteiger partial charge is 0.239 e. The molecule has 1 heterocycles. The molecule has 1 unspecified atom stereocenters. The van der Waals surface area contributed by atoms with E-state index in [0.29, 0.717) is 0 Å². The first-order chi connectivity index (χ1) is 7.63. The summed E-state index contributed by atoms with van der Waals surface area (Å²) in [4.78, 5) is 14.7. The summed E-state index contributed by atoms with van der Waals surface area (Å²) in [6.07, 6.45) is 0. The van der Waals surface area contributed by atoms with E-state index in [1.165, 1.54) is 10.5 Å². The fourth-order valence-corrected chi connectivity index (χ4v) is 3.06. The Balaban J connectivity index is 2.37. The minimum atomic E-state index is 0.0161. The Morgan fingerprint density at radius 2 is 2.25 bits per heavy atom. The summed E-state index contributed by atoms with van der Waals surface area (Å²) in [6.45, 7) is 2.82. The van der Waals surface area contributed by atoms with Gasteiger partial charge in [-0.1, -0.05) is 6.07 Å². The molecule has 0 saturated heterocycles. The van der Waals surface area contributed by atoms with E-state index in [2.05, 4.69) is 17.4 Å². The van der Waals surface area contributed by atoms with Crippen LogP contribution < -0.4 is 10.2 Å². The van der Waals surface area contributed by atoms with E-state index < -0.39 is 0 Å². The molecule has 4 heteroatoms. The second-order valence-electron chi connectivity index (χ2n) is 3.99. The number of carbonyl (C=O) groups is 1. The van der Waals surface area contributed by atoms with E-state index in [9.17, 15) is 4.79 Å². The van der Waals surface area contributed by atoms with Gasteiger partial charge in [0.15, 0.2) is 0 Å². The quantitative estimate of drug-likeness (QED) is 0.850. The molecule has 1 aliphatic rings. The Bertz CT molecular complexity index is 419. The zero-order valence-electron chi connectivity index (χ0n) is 9.78. The van der Waals surface area contributed by atoms with Crippen LogP contribution in [-0.4, -0.2) is 25.3 Å². The molecule has 0 fully saturated rings. The molecule has 2 rings (SSSR count). The van der Waals surface area contributed by atoms with Gasteiger partial charge in [-0.2, -0.15) is 0 Å². The van der Waals surface area contributed by atoms with Gasteiger partial charge in [0.25, 0.3) is 0 Å². The van der Waals surface area contributed by atoms with Gasteiger partial charge in [-0.05, 0) is 31.7 Å². The third-order valence-corrected chi connectivity index (χ3v) is 3.88. The molecule has 3 nitrogen and oxygen atoms in total. The highest BCUT2D eigenvalue weighted by Gasteiger charge is 2.27. The van der Waals surface area contributed by atoms with Gasteiger partial charge >= 0.3 is 0 Å². The maximum absolute atomic E-state index is 11.8. The van der Waals surface area contributed by atoms with E-state index in [1.807, 2.05) is 27.1 Å². The van der Waals surface area contributed by atoms with Gasteiger partial charge in [0.05, 0.1) is 10.9 Å². The van der Waals surface area contributed by atoms with Crippen LogP contribution in [0.1, 0.15) is 12.5 Å². The number of carbonyl (C=O) groups excluding carboxylic acids is 1. The van der Waals surface area contributed by atoms with E-state index in [1.54, 1.807) is 16.7 Å². The number of thioether (sulfide) groups is 1. The first kappa shape index (κ1) is 11.5. The van der Waals surface area contributed by atoms with Crippen LogP contribution >= 0.6 is 11.8 Å². The largest absolute Gasteiger partial charge is 0.316 e. The van der Waals surface area contributed by atoms with Crippen LogP contribution in [0.4, 0.5) is 5.69 Å². The van der Waals surface area contributed by atoms with Crippen molar-refractivity contribution < 1.29 is 4.79 Å². The first-order valence-corrected chi connectivity index (χ1v) is 6.23. The molecule has 1 N–H and O–H groups in total. The summed E-state index contributed by atoms with van der Waals surface area (Å²) >= 11 is 1.64. The number of benzene rings is 1. The van der Waals surface area contributed by atoms with Crippen molar-refractivity contribution in [2.75, 3.05) is 19.0 Å². The monoisotopic (exact) mass is 236 g/mol. The van der Waals surface area contributed by atoms with Crippen molar-refractivity contribution in [1.82, 2.24) is 5.32 Å². The van der Waals surface area contributed by atoms with Crippen LogP contribution in [0.25, 0.3) is 0 Å². The highest BCUT2D eigenvalue weighted by molar-refractivity contribution is 8.00. The van der Waals surface area contributed by atoms with Crippen molar-refractivity contribution in [1.29, 1.82) is 0 Å². The summed E-state index contributed by atoms with van der Waals surface area (Å²) in [5, 5.41) is 3.15. The number of amides is 1. The van der Waals surface area contributed by atoms with Gasteiger partial charge in [0, 0.05) is 18.5 Å². The minimum absolute atomic E-state index is 0.0161. The molecule has 0 radical (unpaired) electrons. The number of hydrogen-bond donors (Lipinski definition) is 1. The highest BCUT2D eigenvalue weighted by atomic mass is 32.2. The Labute approximate surface area is 100 Å². The first-order valence-electron chi connectivity index (χ1n) is 5.35. The highest BCUT2D eigenvalue weighted by Crippen LogP contribution is 2.38. The van der Waals surface area contributed by atoms with Crippen molar-refractivity contribution in [3.8, 4) is 0 Å². The molecule has 16 heavy (non-hydrogen) atoms. The van der Waals surface area contributed by atoms with Crippen LogP contribution in [0.3, 0.4) is 0 Å². The molecule has 1 amide bonds. The summed E-state index contributed by atoms with van der Waals surface area (Å²) in [5.74, 6) is 0.180. The Morgan fingerprint density at radius 1 is 1.50 bits per heavy atom. The molecule has 0 aliphatic carbocycles. The van der Waals surface area contributed by atoms with Gasteiger partial charge in [0.2, 0.25) is 5.91 Å². The van der Waals surface area contributed by atoms with Crippen LogP contribution in [-0.2, 0) is 11.3 Å². The zero-order chi connectivity index (χ0) is 11.7. The fourth-order valence-electron chi connectivity index (χ4n) is 1.88. The third-order valence-electron chi connectivity index (χ3n) is 2.75. The molecule has 0 saturated carbocycles. The molecule has 1 aromatic rings. The van der Waals surface area contributed by atoms with Gasteiger partial charge in [-0.25, -0.2) is 0 Å². The molecule has 1 aromatic carbocycles. The second-order valence-corrected chi connectivity index (χ2v) is 5.37. The number of anilines is 1. The average Bonchev–Trinajstić information content (AvgIpc) is 2.26. The fraction of sp³-hybridized carbons (Fsp3) is 0.417. The lowest BCUT2D eigenvalue weighted by atomic mass is 10.2. The maximum atomic E-state index is 11.8. The van der Waals surface area contributed by atoms with Crippen LogP contribution in [0.5, 0.6) is 0 Å². The average molecular weight is 236 g/mol. The number of fused-ring (bicyclic) bond motifs is 1. The van der Waals surface area contributed by atoms with E-state index in [-0.39, 0.29) is 11.2 Å². The molecular formula is C12H16N2OS. The topological polar surface area (TPSA) is 32.3 Å². The number of rotatable bonds is 2. The minimum Gasteiger partial charge on any atom is -0.316 e. The SMILES string of the molecule is CNCc1ccc2c(c1)SC(C)C(=O)N2C. The molecule has 0 bridgehead atoms. The number of nitrogens with one attached hydrogen (secondary N) is 1. The lowest BCUT2D eigenvalue weighted by Gasteiger charge is -2.29. The predicted molar refractivity (Wildman–Crippen MR) is 67.9 cm³/mol. The van der Waals surface area contributed by atoms with Gasteiger partial charge in [-0.15, -0.1) is 11.8 Å². The van der Waals surface area contributed by atoms with Crippen LogP contribution in [0.15, 0.2) is 23.1 Å². The maximum Gasteiger partial charge on any atom is 0.239 e.